The Morgan fingerprint density at radius 3 is 1.80 bits per heavy atom. The quantitative estimate of drug-likeness (QED) is 0.514. The molecule has 0 atom stereocenters. The molecule has 0 amide bonds. The number of halogens is 6. The number of ether oxygens (including phenoxy) is 1. The predicted octanol–water partition coefficient (Wildman–Crippen LogP) is 3.75. The summed E-state index contributed by atoms with van der Waals surface area (Å²) in [6, 6.07) is 0.274. The third-order valence-corrected chi connectivity index (χ3v) is 2.21. The van der Waals surface area contributed by atoms with Crippen LogP contribution in [-0.2, 0) is 17.1 Å². The highest BCUT2D eigenvalue weighted by Gasteiger charge is 2.42. The van der Waals surface area contributed by atoms with Crippen molar-refractivity contribution in [3.63, 3.8) is 0 Å². The van der Waals surface area contributed by atoms with Crippen molar-refractivity contribution in [1.29, 1.82) is 0 Å². The average molecular weight is 302 g/mol. The molecule has 0 aliphatic rings. The lowest BCUT2D eigenvalue weighted by molar-refractivity contribution is -0.146. The highest BCUT2D eigenvalue weighted by molar-refractivity contribution is 5.72. The van der Waals surface area contributed by atoms with Crippen LogP contribution >= 0.6 is 0 Å². The number of esters is 1. The van der Waals surface area contributed by atoms with Gasteiger partial charge < -0.3 is 9.84 Å². The minimum absolute atomic E-state index is 0.137. The molecule has 0 unspecified atom stereocenters. The molecule has 20 heavy (non-hydrogen) atoms. The summed E-state index contributed by atoms with van der Waals surface area (Å²) >= 11 is 0. The predicted molar refractivity (Wildman–Crippen MR) is 54.0 cm³/mol. The first-order valence-corrected chi connectivity index (χ1v) is 5.19. The van der Waals surface area contributed by atoms with Crippen LogP contribution in [0, 0.1) is 0 Å². The van der Waals surface area contributed by atoms with Gasteiger partial charge in [0.05, 0.1) is 0 Å². The first kappa shape index (κ1) is 16.1. The maximum Gasteiger partial charge on any atom is 0.420 e. The number of hydrogen-bond donors (Lipinski definition) is 1. The van der Waals surface area contributed by atoms with E-state index in [1.54, 1.807) is 0 Å². The summed E-state index contributed by atoms with van der Waals surface area (Å²) in [5, 5.41) is 9.10. The summed E-state index contributed by atoms with van der Waals surface area (Å²) in [7, 11) is 0. The molecule has 1 aromatic rings. The third kappa shape index (κ3) is 3.55. The Hall–Kier alpha value is -1.93. The van der Waals surface area contributed by atoms with Gasteiger partial charge in [-0.05, 0) is 12.1 Å². The molecule has 0 bridgehead atoms. The van der Waals surface area contributed by atoms with Gasteiger partial charge in [-0.1, -0.05) is 6.92 Å². The fraction of sp³-hybridized carbons (Fsp3) is 0.364. The monoisotopic (exact) mass is 302 g/mol. The Balaban J connectivity index is 3.46. The highest BCUT2D eigenvalue weighted by Crippen LogP contribution is 2.45. The van der Waals surface area contributed by atoms with Gasteiger partial charge in [-0.25, -0.2) is 0 Å². The van der Waals surface area contributed by atoms with Crippen LogP contribution in [0.2, 0.25) is 0 Å². The Morgan fingerprint density at radius 2 is 1.50 bits per heavy atom. The number of carbonyl (C=O) groups is 1. The van der Waals surface area contributed by atoms with E-state index in [0.717, 1.165) is 0 Å². The van der Waals surface area contributed by atoms with Gasteiger partial charge in [0.1, 0.15) is 22.6 Å². The Bertz CT molecular complexity index is 483. The molecule has 0 fully saturated rings. The Kier molecular flexibility index (Phi) is 4.21. The van der Waals surface area contributed by atoms with Crippen molar-refractivity contribution in [2.75, 3.05) is 0 Å². The van der Waals surface area contributed by atoms with Crippen molar-refractivity contribution in [1.82, 2.24) is 0 Å². The molecule has 1 N–H and O–H groups in total. The molecule has 1 rings (SSSR count). The number of phenolic OH excluding ortho intramolecular Hbond substituents is 1. The maximum atomic E-state index is 12.5. The second-order valence-electron chi connectivity index (χ2n) is 3.69. The van der Waals surface area contributed by atoms with E-state index in [-0.39, 0.29) is 18.6 Å². The van der Waals surface area contributed by atoms with Crippen molar-refractivity contribution in [2.45, 2.75) is 25.7 Å². The van der Waals surface area contributed by atoms with Gasteiger partial charge >= 0.3 is 18.3 Å². The average Bonchev–Trinajstić information content (AvgIpc) is 2.28. The van der Waals surface area contributed by atoms with Gasteiger partial charge in [0.2, 0.25) is 0 Å². The largest absolute Gasteiger partial charge is 0.507 e. The SMILES string of the molecule is CCC(=O)Oc1cc(C(F)(F)F)c(O)c(C(F)(F)F)c1. The highest BCUT2D eigenvalue weighted by atomic mass is 19.4. The lowest BCUT2D eigenvalue weighted by Gasteiger charge is -2.16. The van der Waals surface area contributed by atoms with Crippen LogP contribution in [-0.4, -0.2) is 11.1 Å². The van der Waals surface area contributed by atoms with Gasteiger partial charge in [0.15, 0.2) is 0 Å². The molecule has 3 nitrogen and oxygen atoms in total. The van der Waals surface area contributed by atoms with Crippen LogP contribution in [0.25, 0.3) is 0 Å². The molecule has 0 aliphatic carbocycles. The first-order chi connectivity index (χ1) is 8.96. The second kappa shape index (κ2) is 5.22. The van der Waals surface area contributed by atoms with E-state index in [1.165, 1.54) is 6.92 Å². The van der Waals surface area contributed by atoms with E-state index in [0.29, 0.717) is 0 Å². The van der Waals surface area contributed by atoms with Crippen LogP contribution in [0.4, 0.5) is 26.3 Å². The van der Waals surface area contributed by atoms with E-state index < -0.39 is 40.9 Å². The van der Waals surface area contributed by atoms with Crippen LogP contribution in [0.15, 0.2) is 12.1 Å². The number of hydrogen-bond acceptors (Lipinski definition) is 3. The smallest absolute Gasteiger partial charge is 0.420 e. The molecule has 0 heterocycles. The number of benzene rings is 1. The zero-order valence-electron chi connectivity index (χ0n) is 9.89. The third-order valence-electron chi connectivity index (χ3n) is 2.21. The number of phenols is 1. The van der Waals surface area contributed by atoms with Crippen molar-refractivity contribution in [2.24, 2.45) is 0 Å². The van der Waals surface area contributed by atoms with Crippen molar-refractivity contribution in [3.8, 4) is 11.5 Å². The summed E-state index contributed by atoms with van der Waals surface area (Å²) in [5.41, 5.74) is -3.85. The summed E-state index contributed by atoms with van der Waals surface area (Å²) in [5.74, 6) is -3.90. The normalized spacial score (nSPS) is 12.3. The van der Waals surface area contributed by atoms with Gasteiger partial charge in [-0.15, -0.1) is 0 Å². The molecule has 0 aliphatic heterocycles. The van der Waals surface area contributed by atoms with E-state index in [4.69, 9.17) is 5.11 Å². The lowest BCUT2D eigenvalue weighted by Crippen LogP contribution is -2.14. The molecule has 112 valence electrons. The Labute approximate surface area is 108 Å². The van der Waals surface area contributed by atoms with Crippen LogP contribution < -0.4 is 4.74 Å². The van der Waals surface area contributed by atoms with Crippen LogP contribution in [0.3, 0.4) is 0 Å². The molecule has 0 saturated carbocycles. The molecule has 0 saturated heterocycles. The number of alkyl halides is 6. The van der Waals surface area contributed by atoms with E-state index in [2.05, 4.69) is 4.74 Å². The van der Waals surface area contributed by atoms with Crippen molar-refractivity contribution < 1.29 is 41.0 Å². The van der Waals surface area contributed by atoms with E-state index >= 15 is 0 Å². The standard InChI is InChI=1S/C11H8F6O3/c1-2-8(18)20-5-3-6(10(12,13)14)9(19)7(4-5)11(15,16)17/h3-4,19H,2H2,1H3. The minimum atomic E-state index is -5.22. The molecule has 1 aromatic carbocycles. The van der Waals surface area contributed by atoms with Gasteiger partial charge in [0.25, 0.3) is 0 Å². The molecular formula is C11H8F6O3. The lowest BCUT2D eigenvalue weighted by atomic mass is 10.1. The molecule has 9 heteroatoms. The summed E-state index contributed by atoms with van der Waals surface area (Å²) in [4.78, 5) is 10.9. The zero-order valence-corrected chi connectivity index (χ0v) is 9.89. The van der Waals surface area contributed by atoms with Gasteiger partial charge in [0, 0.05) is 6.42 Å². The van der Waals surface area contributed by atoms with E-state index in [1.807, 2.05) is 0 Å². The number of rotatable bonds is 2. The number of carbonyl (C=O) groups excluding carboxylic acids is 1. The first-order valence-electron chi connectivity index (χ1n) is 5.19. The topological polar surface area (TPSA) is 46.5 Å². The molecule has 0 radical (unpaired) electrons. The zero-order chi connectivity index (χ0) is 15.7. The number of aromatic hydroxyl groups is 1. The molecule has 0 spiro atoms. The van der Waals surface area contributed by atoms with Crippen molar-refractivity contribution in [3.05, 3.63) is 23.3 Å². The fourth-order valence-corrected chi connectivity index (χ4v) is 1.30. The fourth-order valence-electron chi connectivity index (χ4n) is 1.30. The molecular weight excluding hydrogens is 294 g/mol. The second-order valence-corrected chi connectivity index (χ2v) is 3.69. The van der Waals surface area contributed by atoms with Gasteiger partial charge in [-0.2, -0.15) is 26.3 Å². The minimum Gasteiger partial charge on any atom is -0.507 e. The Morgan fingerprint density at radius 1 is 1.10 bits per heavy atom. The van der Waals surface area contributed by atoms with E-state index in [9.17, 15) is 31.1 Å². The van der Waals surface area contributed by atoms with Crippen molar-refractivity contribution >= 4 is 5.97 Å². The van der Waals surface area contributed by atoms with Crippen LogP contribution in [0.1, 0.15) is 24.5 Å². The summed E-state index contributed by atoms with van der Waals surface area (Å²) in [6.45, 7) is 1.32. The summed E-state index contributed by atoms with van der Waals surface area (Å²) < 4.78 is 79.6. The van der Waals surface area contributed by atoms with Gasteiger partial charge in [-0.3, -0.25) is 4.79 Å². The van der Waals surface area contributed by atoms with Crippen LogP contribution in [0.5, 0.6) is 11.5 Å². The molecule has 0 aromatic heterocycles. The summed E-state index contributed by atoms with van der Waals surface area (Å²) in [6.07, 6.45) is -10.7. The maximum absolute atomic E-state index is 12.5.